The summed E-state index contributed by atoms with van der Waals surface area (Å²) in [5, 5.41) is 9.75. The molecular formula is C22H15FO4. The van der Waals surface area contributed by atoms with Crippen molar-refractivity contribution >= 4 is 16.9 Å². The number of carbonyl (C=O) groups is 1. The number of aromatic carboxylic acids is 1. The molecule has 0 atom stereocenters. The van der Waals surface area contributed by atoms with Crippen LogP contribution in [0.2, 0.25) is 0 Å². The standard InChI is InChI=1S/C22H15FO4/c23-18-11-16-8-9-26-21(16)20(12-18)15-4-6-19(7-5-15)27-13-14-2-1-3-17(10-14)22(24)25/h1-12H,13H2,(H,24,25). The maximum atomic E-state index is 13.8. The monoisotopic (exact) mass is 362 g/mol. The summed E-state index contributed by atoms with van der Waals surface area (Å²) in [5.74, 6) is -0.662. The van der Waals surface area contributed by atoms with Crippen LogP contribution in [0.4, 0.5) is 4.39 Å². The highest BCUT2D eigenvalue weighted by atomic mass is 19.1. The Bertz CT molecular complexity index is 1110. The molecule has 134 valence electrons. The molecule has 0 fully saturated rings. The molecule has 5 heteroatoms. The van der Waals surface area contributed by atoms with Crippen LogP contribution in [0.15, 0.2) is 77.4 Å². The van der Waals surface area contributed by atoms with Crippen LogP contribution in [0.3, 0.4) is 0 Å². The molecule has 1 heterocycles. The van der Waals surface area contributed by atoms with Crippen LogP contribution in [-0.2, 0) is 6.61 Å². The number of furan rings is 1. The lowest BCUT2D eigenvalue weighted by Gasteiger charge is -2.09. The van der Waals surface area contributed by atoms with Crippen LogP contribution >= 0.6 is 0 Å². The summed E-state index contributed by atoms with van der Waals surface area (Å²) in [7, 11) is 0. The number of carboxylic acid groups (broad SMARTS) is 1. The summed E-state index contributed by atoms with van der Waals surface area (Å²) in [6.07, 6.45) is 1.54. The topological polar surface area (TPSA) is 59.7 Å². The predicted octanol–water partition coefficient (Wildman–Crippen LogP) is 5.52. The van der Waals surface area contributed by atoms with Crippen molar-refractivity contribution in [3.8, 4) is 16.9 Å². The van der Waals surface area contributed by atoms with Crippen molar-refractivity contribution in [2.45, 2.75) is 6.61 Å². The van der Waals surface area contributed by atoms with Crippen LogP contribution in [0.25, 0.3) is 22.1 Å². The highest BCUT2D eigenvalue weighted by Gasteiger charge is 2.10. The van der Waals surface area contributed by atoms with E-state index in [2.05, 4.69) is 0 Å². The van der Waals surface area contributed by atoms with Gasteiger partial charge in [0.25, 0.3) is 0 Å². The molecule has 27 heavy (non-hydrogen) atoms. The Balaban J connectivity index is 1.53. The van der Waals surface area contributed by atoms with E-state index in [4.69, 9.17) is 14.3 Å². The molecule has 4 rings (SSSR count). The first-order valence-electron chi connectivity index (χ1n) is 8.32. The van der Waals surface area contributed by atoms with E-state index in [0.29, 0.717) is 22.3 Å². The number of rotatable bonds is 5. The van der Waals surface area contributed by atoms with Gasteiger partial charge in [-0.05, 0) is 53.6 Å². The number of halogens is 1. The molecule has 4 nitrogen and oxygen atoms in total. The van der Waals surface area contributed by atoms with Gasteiger partial charge in [-0.15, -0.1) is 0 Å². The van der Waals surface area contributed by atoms with Gasteiger partial charge in [0, 0.05) is 10.9 Å². The Kier molecular flexibility index (Phi) is 4.34. The smallest absolute Gasteiger partial charge is 0.335 e. The molecule has 0 bridgehead atoms. The molecular weight excluding hydrogens is 347 g/mol. The minimum absolute atomic E-state index is 0.222. The average molecular weight is 362 g/mol. The summed E-state index contributed by atoms with van der Waals surface area (Å²) in [4.78, 5) is 11.0. The van der Waals surface area contributed by atoms with Gasteiger partial charge in [0.05, 0.1) is 11.8 Å². The highest BCUT2D eigenvalue weighted by Crippen LogP contribution is 2.31. The lowest BCUT2D eigenvalue weighted by molar-refractivity contribution is 0.0696. The van der Waals surface area contributed by atoms with E-state index in [1.165, 1.54) is 24.5 Å². The molecule has 4 aromatic rings. The largest absolute Gasteiger partial charge is 0.489 e. The van der Waals surface area contributed by atoms with E-state index in [9.17, 15) is 9.18 Å². The molecule has 0 unspecified atom stereocenters. The number of benzene rings is 3. The van der Waals surface area contributed by atoms with Gasteiger partial charge < -0.3 is 14.3 Å². The first-order valence-corrected chi connectivity index (χ1v) is 8.32. The van der Waals surface area contributed by atoms with Crippen LogP contribution in [0.5, 0.6) is 5.75 Å². The zero-order chi connectivity index (χ0) is 18.8. The Hall–Kier alpha value is -3.60. The predicted molar refractivity (Wildman–Crippen MR) is 99.3 cm³/mol. The van der Waals surface area contributed by atoms with Gasteiger partial charge in [-0.1, -0.05) is 24.3 Å². The Morgan fingerprint density at radius 3 is 2.63 bits per heavy atom. The summed E-state index contributed by atoms with van der Waals surface area (Å²) in [6, 6.07) is 18.5. The maximum Gasteiger partial charge on any atom is 0.335 e. The van der Waals surface area contributed by atoms with Crippen molar-refractivity contribution in [3.05, 3.63) is 89.9 Å². The van der Waals surface area contributed by atoms with Gasteiger partial charge >= 0.3 is 5.97 Å². The zero-order valence-corrected chi connectivity index (χ0v) is 14.2. The molecule has 1 aromatic heterocycles. The van der Waals surface area contributed by atoms with Gasteiger partial charge in [0.15, 0.2) is 0 Å². The third-order valence-corrected chi connectivity index (χ3v) is 4.26. The van der Waals surface area contributed by atoms with E-state index in [1.807, 2.05) is 12.1 Å². The van der Waals surface area contributed by atoms with Gasteiger partial charge in [-0.2, -0.15) is 0 Å². The minimum Gasteiger partial charge on any atom is -0.489 e. The van der Waals surface area contributed by atoms with Crippen LogP contribution < -0.4 is 4.74 Å². The average Bonchev–Trinajstić information content (AvgIpc) is 3.14. The lowest BCUT2D eigenvalue weighted by Crippen LogP contribution is -2.00. The summed E-state index contributed by atoms with van der Waals surface area (Å²) < 4.78 is 25.0. The fraction of sp³-hybridized carbons (Fsp3) is 0.0455. The summed E-state index contributed by atoms with van der Waals surface area (Å²) in [5.41, 5.74) is 3.11. The van der Waals surface area contributed by atoms with Crippen molar-refractivity contribution in [1.82, 2.24) is 0 Å². The van der Waals surface area contributed by atoms with Crippen molar-refractivity contribution in [1.29, 1.82) is 0 Å². The third-order valence-electron chi connectivity index (χ3n) is 4.26. The second kappa shape index (κ2) is 6.96. The molecule has 0 saturated heterocycles. The summed E-state index contributed by atoms with van der Waals surface area (Å²) in [6.45, 7) is 0.253. The second-order valence-corrected chi connectivity index (χ2v) is 6.11. The first kappa shape index (κ1) is 16.8. The van der Waals surface area contributed by atoms with E-state index in [-0.39, 0.29) is 18.0 Å². The maximum absolute atomic E-state index is 13.8. The second-order valence-electron chi connectivity index (χ2n) is 6.11. The SMILES string of the molecule is O=C(O)c1cccc(COc2ccc(-c3cc(F)cc4ccoc34)cc2)c1. The van der Waals surface area contributed by atoms with E-state index >= 15 is 0 Å². The molecule has 0 radical (unpaired) electrons. The molecule has 0 aliphatic heterocycles. The highest BCUT2D eigenvalue weighted by molar-refractivity contribution is 5.92. The quantitative estimate of drug-likeness (QED) is 0.508. The summed E-state index contributed by atoms with van der Waals surface area (Å²) >= 11 is 0. The normalized spacial score (nSPS) is 10.9. The zero-order valence-electron chi connectivity index (χ0n) is 14.2. The van der Waals surface area contributed by atoms with Crippen LogP contribution in [0.1, 0.15) is 15.9 Å². The van der Waals surface area contributed by atoms with Crippen molar-refractivity contribution in [2.24, 2.45) is 0 Å². The van der Waals surface area contributed by atoms with Gasteiger partial charge in [-0.25, -0.2) is 9.18 Å². The number of hydrogen-bond acceptors (Lipinski definition) is 3. The molecule has 0 aliphatic carbocycles. The van der Waals surface area contributed by atoms with Crippen molar-refractivity contribution in [3.63, 3.8) is 0 Å². The van der Waals surface area contributed by atoms with Crippen molar-refractivity contribution < 1.29 is 23.4 Å². The molecule has 0 aliphatic rings. The number of hydrogen-bond donors (Lipinski definition) is 1. The van der Waals surface area contributed by atoms with E-state index in [0.717, 1.165) is 11.1 Å². The fourth-order valence-corrected chi connectivity index (χ4v) is 2.95. The third kappa shape index (κ3) is 3.53. The van der Waals surface area contributed by atoms with Crippen LogP contribution in [-0.4, -0.2) is 11.1 Å². The molecule has 0 saturated carbocycles. The Morgan fingerprint density at radius 2 is 1.85 bits per heavy atom. The van der Waals surface area contributed by atoms with Gasteiger partial charge in [0.2, 0.25) is 0 Å². The number of carboxylic acids is 1. The van der Waals surface area contributed by atoms with E-state index < -0.39 is 5.97 Å². The fourth-order valence-electron chi connectivity index (χ4n) is 2.95. The van der Waals surface area contributed by atoms with Gasteiger partial charge in [0.1, 0.15) is 23.8 Å². The van der Waals surface area contributed by atoms with E-state index in [1.54, 1.807) is 36.4 Å². The molecule has 3 aromatic carbocycles. The van der Waals surface area contributed by atoms with Crippen LogP contribution in [0, 0.1) is 5.82 Å². The first-order chi connectivity index (χ1) is 13.1. The van der Waals surface area contributed by atoms with Gasteiger partial charge in [-0.3, -0.25) is 0 Å². The Labute approximate surface area is 154 Å². The molecule has 0 amide bonds. The number of fused-ring (bicyclic) bond motifs is 1. The lowest BCUT2D eigenvalue weighted by atomic mass is 10.0. The van der Waals surface area contributed by atoms with Crippen molar-refractivity contribution in [2.75, 3.05) is 0 Å². The molecule has 0 spiro atoms. The number of ether oxygens (including phenoxy) is 1. The minimum atomic E-state index is -0.972. The molecule has 1 N–H and O–H groups in total. The Morgan fingerprint density at radius 1 is 1.04 bits per heavy atom.